The SMILES string of the molecule is CCc1ccc(/C=C/C(C)O)cc1. The highest BCUT2D eigenvalue weighted by atomic mass is 16.3. The molecule has 1 heteroatoms. The van der Waals surface area contributed by atoms with E-state index < -0.39 is 0 Å². The van der Waals surface area contributed by atoms with Gasteiger partial charge < -0.3 is 5.11 Å². The molecule has 0 saturated heterocycles. The number of rotatable bonds is 3. The van der Waals surface area contributed by atoms with Crippen LogP contribution < -0.4 is 0 Å². The molecule has 1 atom stereocenters. The Hall–Kier alpha value is -1.08. The number of benzene rings is 1. The van der Waals surface area contributed by atoms with E-state index >= 15 is 0 Å². The Labute approximate surface area is 79.7 Å². The molecule has 0 bridgehead atoms. The minimum absolute atomic E-state index is 0.370. The molecule has 1 unspecified atom stereocenters. The van der Waals surface area contributed by atoms with Gasteiger partial charge in [0.2, 0.25) is 0 Å². The number of hydrogen-bond donors (Lipinski definition) is 1. The van der Waals surface area contributed by atoms with Gasteiger partial charge >= 0.3 is 0 Å². The van der Waals surface area contributed by atoms with E-state index in [-0.39, 0.29) is 6.10 Å². The summed E-state index contributed by atoms with van der Waals surface area (Å²) in [4.78, 5) is 0. The van der Waals surface area contributed by atoms with Gasteiger partial charge in [-0.1, -0.05) is 43.3 Å². The van der Waals surface area contributed by atoms with Gasteiger partial charge in [0.1, 0.15) is 0 Å². The smallest absolute Gasteiger partial charge is 0.0696 e. The van der Waals surface area contributed by atoms with Gasteiger partial charge in [0.25, 0.3) is 0 Å². The average Bonchev–Trinajstić information content (AvgIpc) is 2.15. The van der Waals surface area contributed by atoms with Crippen molar-refractivity contribution < 1.29 is 5.11 Å². The third kappa shape index (κ3) is 3.43. The van der Waals surface area contributed by atoms with Crippen LogP contribution in [0.5, 0.6) is 0 Å². The van der Waals surface area contributed by atoms with Crippen molar-refractivity contribution in [3.8, 4) is 0 Å². The highest BCUT2D eigenvalue weighted by Gasteiger charge is 1.90. The van der Waals surface area contributed by atoms with Gasteiger partial charge in [-0.25, -0.2) is 0 Å². The molecule has 1 aromatic rings. The molecule has 1 N–H and O–H groups in total. The van der Waals surface area contributed by atoms with Crippen molar-refractivity contribution in [1.29, 1.82) is 0 Å². The van der Waals surface area contributed by atoms with Gasteiger partial charge in [0.05, 0.1) is 6.10 Å². The highest BCUT2D eigenvalue weighted by Crippen LogP contribution is 2.06. The molecule has 70 valence electrons. The van der Waals surface area contributed by atoms with E-state index in [1.807, 2.05) is 6.08 Å². The van der Waals surface area contributed by atoms with Crippen LogP contribution in [0, 0.1) is 0 Å². The third-order valence-electron chi connectivity index (χ3n) is 1.96. The minimum Gasteiger partial charge on any atom is -0.389 e. The molecule has 0 amide bonds. The quantitative estimate of drug-likeness (QED) is 0.750. The topological polar surface area (TPSA) is 20.2 Å². The fourth-order valence-corrected chi connectivity index (χ4v) is 1.11. The van der Waals surface area contributed by atoms with Gasteiger partial charge in [-0.3, -0.25) is 0 Å². The zero-order valence-electron chi connectivity index (χ0n) is 8.20. The summed E-state index contributed by atoms with van der Waals surface area (Å²) < 4.78 is 0. The van der Waals surface area contributed by atoms with Crippen molar-refractivity contribution >= 4 is 6.08 Å². The first-order chi connectivity index (χ1) is 6.22. The predicted molar refractivity (Wildman–Crippen MR) is 56.5 cm³/mol. The summed E-state index contributed by atoms with van der Waals surface area (Å²) in [6.45, 7) is 3.89. The molecular formula is C12H16O. The lowest BCUT2D eigenvalue weighted by atomic mass is 10.1. The molecule has 1 aromatic carbocycles. The number of aryl methyl sites for hydroxylation is 1. The maximum Gasteiger partial charge on any atom is 0.0696 e. The third-order valence-corrected chi connectivity index (χ3v) is 1.96. The zero-order valence-corrected chi connectivity index (χ0v) is 8.20. The molecule has 0 aromatic heterocycles. The fourth-order valence-electron chi connectivity index (χ4n) is 1.11. The van der Waals surface area contributed by atoms with E-state index in [0.717, 1.165) is 12.0 Å². The largest absolute Gasteiger partial charge is 0.389 e. The van der Waals surface area contributed by atoms with Crippen LogP contribution in [0.2, 0.25) is 0 Å². The molecule has 13 heavy (non-hydrogen) atoms. The lowest BCUT2D eigenvalue weighted by molar-refractivity contribution is 0.245. The second-order valence-corrected chi connectivity index (χ2v) is 3.19. The lowest BCUT2D eigenvalue weighted by Crippen LogP contribution is -1.91. The second-order valence-electron chi connectivity index (χ2n) is 3.19. The number of aliphatic hydroxyl groups excluding tert-OH is 1. The lowest BCUT2D eigenvalue weighted by Gasteiger charge is -1.98. The van der Waals surface area contributed by atoms with Crippen molar-refractivity contribution in [2.75, 3.05) is 0 Å². The molecule has 0 aliphatic rings. The summed E-state index contributed by atoms with van der Waals surface area (Å²) in [5, 5.41) is 9.03. The molecule has 0 saturated carbocycles. The number of aliphatic hydroxyl groups is 1. The standard InChI is InChI=1S/C12H16O/c1-3-11-6-8-12(9-7-11)5-4-10(2)13/h4-10,13H,3H2,1-2H3/b5-4+. The van der Waals surface area contributed by atoms with Crippen molar-refractivity contribution in [2.24, 2.45) is 0 Å². The Morgan fingerprint density at radius 2 is 1.92 bits per heavy atom. The Kier molecular flexibility index (Phi) is 3.71. The Balaban J connectivity index is 2.69. The fraction of sp³-hybridized carbons (Fsp3) is 0.333. The normalized spacial score (nSPS) is 13.5. The van der Waals surface area contributed by atoms with Crippen LogP contribution in [0.4, 0.5) is 0 Å². The van der Waals surface area contributed by atoms with E-state index in [0.29, 0.717) is 0 Å². The first kappa shape index (κ1) is 10.0. The van der Waals surface area contributed by atoms with E-state index in [1.165, 1.54) is 5.56 Å². The molecule has 0 radical (unpaired) electrons. The van der Waals surface area contributed by atoms with E-state index in [4.69, 9.17) is 5.11 Å². The van der Waals surface area contributed by atoms with Crippen molar-refractivity contribution in [3.63, 3.8) is 0 Å². The average molecular weight is 176 g/mol. The molecule has 1 rings (SSSR count). The highest BCUT2D eigenvalue weighted by molar-refractivity contribution is 5.50. The summed E-state index contributed by atoms with van der Waals surface area (Å²) in [6, 6.07) is 8.36. The maximum atomic E-state index is 9.03. The molecule has 0 heterocycles. The first-order valence-electron chi connectivity index (χ1n) is 4.67. The summed E-state index contributed by atoms with van der Waals surface area (Å²) >= 11 is 0. The monoisotopic (exact) mass is 176 g/mol. The Bertz CT molecular complexity index is 270. The van der Waals surface area contributed by atoms with Gasteiger partial charge in [0, 0.05) is 0 Å². The van der Waals surface area contributed by atoms with Crippen molar-refractivity contribution in [1.82, 2.24) is 0 Å². The van der Waals surface area contributed by atoms with Crippen molar-refractivity contribution in [3.05, 3.63) is 41.5 Å². The molecule has 0 aliphatic carbocycles. The van der Waals surface area contributed by atoms with Crippen molar-refractivity contribution in [2.45, 2.75) is 26.4 Å². The van der Waals surface area contributed by atoms with Crippen LogP contribution >= 0.6 is 0 Å². The Morgan fingerprint density at radius 3 is 2.38 bits per heavy atom. The van der Waals surface area contributed by atoms with Gasteiger partial charge in [-0.2, -0.15) is 0 Å². The van der Waals surface area contributed by atoms with Gasteiger partial charge in [0.15, 0.2) is 0 Å². The molecule has 0 fully saturated rings. The summed E-state index contributed by atoms with van der Waals surface area (Å²) in [7, 11) is 0. The van der Waals surface area contributed by atoms with E-state index in [9.17, 15) is 0 Å². The summed E-state index contributed by atoms with van der Waals surface area (Å²) in [6.07, 6.45) is 4.41. The maximum absolute atomic E-state index is 9.03. The summed E-state index contributed by atoms with van der Waals surface area (Å²) in [5.41, 5.74) is 2.48. The van der Waals surface area contributed by atoms with Gasteiger partial charge in [-0.05, 0) is 24.5 Å². The minimum atomic E-state index is -0.370. The van der Waals surface area contributed by atoms with E-state index in [2.05, 4.69) is 31.2 Å². The second kappa shape index (κ2) is 4.83. The summed E-state index contributed by atoms with van der Waals surface area (Å²) in [5.74, 6) is 0. The molecule has 1 nitrogen and oxygen atoms in total. The zero-order chi connectivity index (χ0) is 9.68. The Morgan fingerprint density at radius 1 is 1.31 bits per heavy atom. The van der Waals surface area contributed by atoms with Crippen LogP contribution in [0.25, 0.3) is 6.08 Å². The van der Waals surface area contributed by atoms with Gasteiger partial charge in [-0.15, -0.1) is 0 Å². The van der Waals surface area contributed by atoms with Crippen LogP contribution in [0.15, 0.2) is 30.3 Å². The number of hydrogen-bond acceptors (Lipinski definition) is 1. The first-order valence-corrected chi connectivity index (χ1v) is 4.67. The van der Waals surface area contributed by atoms with Crippen LogP contribution in [0.1, 0.15) is 25.0 Å². The van der Waals surface area contributed by atoms with Crippen LogP contribution in [0.3, 0.4) is 0 Å². The molecule has 0 aliphatic heterocycles. The molecular weight excluding hydrogens is 160 g/mol. The molecule has 0 spiro atoms. The van der Waals surface area contributed by atoms with Crippen LogP contribution in [-0.4, -0.2) is 11.2 Å². The predicted octanol–water partition coefficient (Wildman–Crippen LogP) is 2.64. The van der Waals surface area contributed by atoms with E-state index in [1.54, 1.807) is 13.0 Å². The van der Waals surface area contributed by atoms with Crippen LogP contribution in [-0.2, 0) is 6.42 Å².